The maximum atomic E-state index is 11.7. The van der Waals surface area contributed by atoms with E-state index in [1.807, 2.05) is 0 Å². The van der Waals surface area contributed by atoms with Crippen LogP contribution in [0.2, 0.25) is 0 Å². The molecule has 2 aliphatic rings. The van der Waals surface area contributed by atoms with Crippen molar-refractivity contribution in [3.8, 4) is 0 Å². The lowest BCUT2D eigenvalue weighted by molar-refractivity contribution is -0.143. The first-order valence-corrected chi connectivity index (χ1v) is 15.7. The third kappa shape index (κ3) is 21.6. The summed E-state index contributed by atoms with van der Waals surface area (Å²) in [7, 11) is -3.43. The van der Waals surface area contributed by atoms with Crippen LogP contribution in [0.25, 0.3) is 0 Å². The summed E-state index contributed by atoms with van der Waals surface area (Å²) >= 11 is 0. The molecule has 0 aromatic rings. The molecule has 188 valence electrons. The summed E-state index contributed by atoms with van der Waals surface area (Å²) in [5.74, 6) is 0.854. The highest BCUT2D eigenvalue weighted by molar-refractivity contribution is 8.01. The molecule has 4 unspecified atom stereocenters. The number of halogens is 1. The predicted octanol–water partition coefficient (Wildman–Crippen LogP) is 1.64. The Morgan fingerprint density at radius 1 is 0.903 bits per heavy atom. The van der Waals surface area contributed by atoms with Gasteiger partial charge in [0.1, 0.15) is 18.8 Å². The Balaban J connectivity index is -0.000000407. The fourth-order valence-electron chi connectivity index (χ4n) is 3.73. The van der Waals surface area contributed by atoms with Crippen molar-refractivity contribution in [2.45, 2.75) is 72.6 Å². The van der Waals surface area contributed by atoms with Crippen LogP contribution in [-0.2, 0) is 33.3 Å². The SMILES string of the molecule is C.CC1CCCC(C(=O)C=S(C)(C)=O)C1.CC1CCCC(C(=O)O)C1.C[S+](C)(C)=O.[I-]. The largest absolute Gasteiger partial charge is 1.00 e. The van der Waals surface area contributed by atoms with Gasteiger partial charge in [-0.25, -0.2) is 0 Å². The summed E-state index contributed by atoms with van der Waals surface area (Å²) in [6.45, 7) is 4.32. The summed E-state index contributed by atoms with van der Waals surface area (Å²) in [6, 6.07) is 0. The molecule has 2 saturated carbocycles. The van der Waals surface area contributed by atoms with Crippen molar-refractivity contribution in [1.82, 2.24) is 0 Å². The van der Waals surface area contributed by atoms with Gasteiger partial charge in [0.15, 0.2) is 5.78 Å². The van der Waals surface area contributed by atoms with E-state index in [-0.39, 0.29) is 49.0 Å². The molecule has 0 saturated heterocycles. The highest BCUT2D eigenvalue weighted by atomic mass is 127. The van der Waals surface area contributed by atoms with Gasteiger partial charge in [0.2, 0.25) is 0 Å². The van der Waals surface area contributed by atoms with Gasteiger partial charge in [-0.1, -0.05) is 47.0 Å². The zero-order valence-electron chi connectivity index (χ0n) is 19.8. The monoisotopic (exact) mass is 594 g/mol. The first kappa shape index (κ1) is 35.6. The third-order valence-corrected chi connectivity index (χ3v) is 5.82. The number of carbonyl (C=O) groups is 2. The molecule has 0 radical (unpaired) electrons. The molecule has 2 aliphatic carbocycles. The topological polar surface area (TPSA) is 88.5 Å². The number of carbonyl (C=O) groups excluding carboxylic acids is 1. The number of carboxylic acid groups (broad SMARTS) is 1. The molecule has 0 aliphatic heterocycles. The van der Waals surface area contributed by atoms with E-state index in [4.69, 9.17) is 5.11 Å². The fourth-order valence-corrected chi connectivity index (χ4v) is 4.48. The van der Waals surface area contributed by atoms with Crippen LogP contribution in [-0.4, -0.2) is 57.7 Å². The lowest BCUT2D eigenvalue weighted by Crippen LogP contribution is -3.00. The van der Waals surface area contributed by atoms with Gasteiger partial charge in [-0.3, -0.25) is 13.8 Å². The molecule has 1 N–H and O–H groups in total. The maximum Gasteiger partial charge on any atom is 0.306 e. The second-order valence-electron chi connectivity index (χ2n) is 9.83. The first-order valence-electron chi connectivity index (χ1n) is 10.5. The van der Waals surface area contributed by atoms with Crippen LogP contribution in [0.15, 0.2) is 0 Å². The van der Waals surface area contributed by atoms with Crippen molar-refractivity contribution in [2.24, 2.45) is 23.7 Å². The fraction of sp³-hybridized carbons (Fsp3) is 0.870. The van der Waals surface area contributed by atoms with Crippen LogP contribution in [0, 0.1) is 23.7 Å². The highest BCUT2D eigenvalue weighted by Gasteiger charge is 2.24. The van der Waals surface area contributed by atoms with Gasteiger partial charge in [-0.15, -0.1) is 4.21 Å². The van der Waals surface area contributed by atoms with Crippen molar-refractivity contribution in [3.05, 3.63) is 0 Å². The van der Waals surface area contributed by atoms with E-state index >= 15 is 0 Å². The molecule has 8 heteroatoms. The Morgan fingerprint density at radius 3 is 1.55 bits per heavy atom. The van der Waals surface area contributed by atoms with Crippen LogP contribution in [0.3, 0.4) is 0 Å². The summed E-state index contributed by atoms with van der Waals surface area (Å²) in [5.41, 5.74) is 0. The Morgan fingerprint density at radius 2 is 1.26 bits per heavy atom. The molecular formula is C23H47IO5S2. The van der Waals surface area contributed by atoms with Crippen LogP contribution in [0.4, 0.5) is 0 Å². The summed E-state index contributed by atoms with van der Waals surface area (Å²) < 4.78 is 21.6. The molecular weight excluding hydrogens is 547 g/mol. The smallest absolute Gasteiger partial charge is 0.306 e. The molecule has 0 amide bonds. The minimum absolute atomic E-state index is 0. The van der Waals surface area contributed by atoms with Gasteiger partial charge < -0.3 is 29.1 Å². The highest BCUT2D eigenvalue weighted by Crippen LogP contribution is 2.29. The van der Waals surface area contributed by atoms with Crippen LogP contribution in [0.5, 0.6) is 0 Å². The second-order valence-corrected chi connectivity index (χ2v) is 16.1. The Bertz CT molecular complexity index is 676. The van der Waals surface area contributed by atoms with E-state index in [0.29, 0.717) is 11.8 Å². The summed E-state index contributed by atoms with van der Waals surface area (Å²) in [5, 5.41) is 10.1. The predicted molar refractivity (Wildman–Crippen MR) is 133 cm³/mol. The molecule has 0 spiro atoms. The van der Waals surface area contributed by atoms with Crippen molar-refractivity contribution in [1.29, 1.82) is 0 Å². The van der Waals surface area contributed by atoms with Gasteiger partial charge in [-0.05, 0) is 47.0 Å². The van der Waals surface area contributed by atoms with Gasteiger partial charge in [0.25, 0.3) is 0 Å². The van der Waals surface area contributed by atoms with Gasteiger partial charge in [0, 0.05) is 23.8 Å². The van der Waals surface area contributed by atoms with Crippen molar-refractivity contribution in [3.63, 3.8) is 0 Å². The maximum absolute atomic E-state index is 11.7. The Hall–Kier alpha value is 0.0400. The number of hydrogen-bond donors (Lipinski definition) is 1. The molecule has 0 aromatic carbocycles. The third-order valence-electron chi connectivity index (χ3n) is 5.02. The normalized spacial score (nSPS) is 25.6. The lowest BCUT2D eigenvalue weighted by atomic mass is 9.81. The average Bonchev–Trinajstić information content (AvgIpc) is 2.52. The van der Waals surface area contributed by atoms with Gasteiger partial charge >= 0.3 is 5.97 Å². The Labute approximate surface area is 210 Å². The van der Waals surface area contributed by atoms with E-state index in [2.05, 4.69) is 13.8 Å². The van der Waals surface area contributed by atoms with Crippen molar-refractivity contribution < 1.29 is 47.1 Å². The van der Waals surface area contributed by atoms with E-state index in [9.17, 15) is 18.0 Å². The molecule has 2 rings (SSSR count). The molecule has 0 heterocycles. The molecule has 2 fully saturated rings. The summed E-state index contributed by atoms with van der Waals surface area (Å²) in [6.07, 6.45) is 16.8. The number of ketones is 1. The number of rotatable bonds is 3. The van der Waals surface area contributed by atoms with E-state index in [1.165, 1.54) is 18.2 Å². The molecule has 4 atom stereocenters. The number of carboxylic acids is 1. The van der Waals surface area contributed by atoms with E-state index < -0.39 is 25.4 Å². The number of aliphatic carboxylic acids is 1. The van der Waals surface area contributed by atoms with Gasteiger partial charge in [-0.2, -0.15) is 0 Å². The number of hydrogen-bond acceptors (Lipinski definition) is 4. The second kappa shape index (κ2) is 16.6. The van der Waals surface area contributed by atoms with Gasteiger partial charge in [0.05, 0.1) is 15.9 Å². The van der Waals surface area contributed by atoms with Crippen LogP contribution >= 0.6 is 0 Å². The molecule has 0 aromatic heterocycles. The minimum Gasteiger partial charge on any atom is -1.00 e. The lowest BCUT2D eigenvalue weighted by Gasteiger charge is -2.24. The standard InChI is InChI=1S/C11H20O2S.C8H14O2.C3H9OS.CH4.HI/c1-9-5-4-6-10(7-9)11(12)8-14(2,3)13;1-6-3-2-4-7(5-6)8(9)10;1-5(2,3)4;;/h8-10H,4-7H2,1-3H3;6-7H,2-5H2,1H3,(H,9,10);1-3H3;1H4;1H/q;;+1;;/p-1. The van der Waals surface area contributed by atoms with Crippen LogP contribution < -0.4 is 24.0 Å². The molecule has 0 bridgehead atoms. The summed E-state index contributed by atoms with van der Waals surface area (Å²) in [4.78, 5) is 22.2. The zero-order chi connectivity index (χ0) is 22.8. The average molecular weight is 595 g/mol. The first-order chi connectivity index (χ1) is 13.1. The van der Waals surface area contributed by atoms with Crippen molar-refractivity contribution >= 4 is 36.6 Å². The molecule has 31 heavy (non-hydrogen) atoms. The van der Waals surface area contributed by atoms with Crippen molar-refractivity contribution in [2.75, 3.05) is 31.3 Å². The van der Waals surface area contributed by atoms with E-state index in [0.717, 1.165) is 38.5 Å². The van der Waals surface area contributed by atoms with Crippen LogP contribution in [0.1, 0.15) is 72.6 Å². The Kier molecular flexibility index (Phi) is 19.1. The molecule has 5 nitrogen and oxygen atoms in total. The quantitative estimate of drug-likeness (QED) is 0.305. The minimum atomic E-state index is -2.01. The van der Waals surface area contributed by atoms with E-state index in [1.54, 1.807) is 31.3 Å². The number of Topliss-reactive ketones (excluding diaryl/α,β-unsaturated/α-hetero) is 1. The zero-order valence-corrected chi connectivity index (χ0v) is 23.6.